The van der Waals surface area contributed by atoms with E-state index in [9.17, 15) is 4.39 Å². The van der Waals surface area contributed by atoms with E-state index in [0.29, 0.717) is 11.8 Å². The van der Waals surface area contributed by atoms with E-state index >= 15 is 0 Å². The first kappa shape index (κ1) is 25.5. The number of benzene rings is 1. The summed E-state index contributed by atoms with van der Waals surface area (Å²) in [5.41, 5.74) is 3.85. The van der Waals surface area contributed by atoms with Crippen molar-refractivity contribution in [3.63, 3.8) is 0 Å². The van der Waals surface area contributed by atoms with Gasteiger partial charge in [0.25, 0.3) is 0 Å². The first-order valence-corrected chi connectivity index (χ1v) is 12.1. The third-order valence-electron chi connectivity index (χ3n) is 6.60. The summed E-state index contributed by atoms with van der Waals surface area (Å²) in [5, 5.41) is 16.4. The van der Waals surface area contributed by atoms with Crippen LogP contribution >= 0.6 is 13.5 Å². The number of anilines is 2. The van der Waals surface area contributed by atoms with Crippen LogP contribution in [0.3, 0.4) is 0 Å². The third kappa shape index (κ3) is 4.51. The topological polar surface area (TPSA) is 100 Å². The predicted molar refractivity (Wildman–Crippen MR) is 146 cm³/mol. The van der Waals surface area contributed by atoms with Gasteiger partial charge in [0.2, 0.25) is 5.95 Å². The van der Waals surface area contributed by atoms with Gasteiger partial charge in [-0.1, -0.05) is 12.1 Å². The quantitative estimate of drug-likeness (QED) is 0.335. The number of halogens is 1. The highest BCUT2D eigenvalue weighted by Gasteiger charge is 2.27. The normalized spacial score (nSPS) is 13.2. The van der Waals surface area contributed by atoms with Gasteiger partial charge in [-0.25, -0.2) is 14.4 Å². The Labute approximate surface area is 226 Å². The van der Waals surface area contributed by atoms with Gasteiger partial charge in [0.05, 0.1) is 17.6 Å². The molecule has 0 saturated heterocycles. The third-order valence-corrected chi connectivity index (χ3v) is 6.60. The van der Waals surface area contributed by atoms with Crippen LogP contribution in [0.25, 0.3) is 22.8 Å². The average Bonchev–Trinajstić information content (AvgIpc) is 3.55. The zero-order valence-corrected chi connectivity index (χ0v) is 22.3. The first-order chi connectivity index (χ1) is 18.0. The van der Waals surface area contributed by atoms with Crippen LogP contribution in [-0.4, -0.2) is 39.1 Å². The Kier molecular flexibility index (Phi) is 6.89. The minimum Gasteiger partial charge on any atom is -0.480 e. The molecule has 4 aromatic heterocycles. The lowest BCUT2D eigenvalue weighted by atomic mass is 10.1. The monoisotopic (exact) mass is 533 g/mol. The molecule has 5 heterocycles. The molecule has 0 unspecified atom stereocenters. The molecule has 0 aliphatic carbocycles. The smallest absolute Gasteiger partial charge is 0.228 e. The molecule has 10 nitrogen and oxygen atoms in total. The number of rotatable bonds is 6. The molecular formula is C26H28FN9OS. The number of aromatic nitrogens is 8. The van der Waals surface area contributed by atoms with Crippen LogP contribution in [0.1, 0.15) is 30.8 Å². The molecule has 0 spiro atoms. The van der Waals surface area contributed by atoms with Crippen molar-refractivity contribution < 1.29 is 9.13 Å². The number of hydrogen-bond donors (Lipinski definition) is 1. The molecule has 12 heteroatoms. The fraction of sp³-hybridized carbons (Fsp3) is 0.269. The Hall–Kier alpha value is -4.19. The second kappa shape index (κ2) is 10.3. The minimum absolute atomic E-state index is 0. The van der Waals surface area contributed by atoms with Crippen LogP contribution in [0.2, 0.25) is 0 Å². The lowest BCUT2D eigenvalue weighted by molar-refractivity contribution is 0.201. The number of ether oxygens (including phenoxy) is 1. The minimum atomic E-state index is -0.470. The van der Waals surface area contributed by atoms with Crippen LogP contribution in [0.5, 0.6) is 5.75 Å². The van der Waals surface area contributed by atoms with Gasteiger partial charge in [-0.3, -0.25) is 4.68 Å². The van der Waals surface area contributed by atoms with E-state index in [1.54, 1.807) is 35.3 Å². The van der Waals surface area contributed by atoms with Crippen molar-refractivity contribution >= 4 is 25.3 Å². The summed E-state index contributed by atoms with van der Waals surface area (Å²) in [6, 6.07) is 10.2. The Morgan fingerprint density at radius 2 is 1.92 bits per heavy atom. The molecular weight excluding hydrogens is 505 g/mol. The van der Waals surface area contributed by atoms with Crippen LogP contribution in [0, 0.1) is 12.7 Å². The molecule has 0 bridgehead atoms. The molecule has 5 aromatic rings. The zero-order chi connectivity index (χ0) is 25.5. The number of fused-ring (bicyclic) bond motifs is 3. The lowest BCUT2D eigenvalue weighted by Crippen LogP contribution is -2.13. The highest BCUT2D eigenvalue weighted by atomic mass is 32.1. The van der Waals surface area contributed by atoms with E-state index in [2.05, 4.69) is 47.9 Å². The largest absolute Gasteiger partial charge is 0.480 e. The van der Waals surface area contributed by atoms with Crippen LogP contribution in [0.4, 0.5) is 16.2 Å². The number of nitrogens with zero attached hydrogens (tertiary/aromatic N) is 8. The maximum atomic E-state index is 14.2. The van der Waals surface area contributed by atoms with E-state index in [-0.39, 0.29) is 19.2 Å². The summed E-state index contributed by atoms with van der Waals surface area (Å²) >= 11 is 0. The Balaban J connectivity index is 0.00000294. The molecule has 1 atom stereocenters. The molecule has 0 radical (unpaired) electrons. The molecule has 0 saturated carbocycles. The molecule has 1 aliphatic rings. The Morgan fingerprint density at radius 1 is 1.08 bits per heavy atom. The molecule has 6 rings (SSSR count). The molecule has 0 amide bonds. The van der Waals surface area contributed by atoms with E-state index in [0.717, 1.165) is 53.7 Å². The van der Waals surface area contributed by atoms with Crippen molar-refractivity contribution in [1.82, 2.24) is 39.1 Å². The summed E-state index contributed by atoms with van der Waals surface area (Å²) in [7, 11) is 1.86. The van der Waals surface area contributed by atoms with Crippen LogP contribution in [0.15, 0.2) is 55.0 Å². The van der Waals surface area contributed by atoms with Gasteiger partial charge in [0, 0.05) is 44.2 Å². The second-order valence-corrected chi connectivity index (χ2v) is 9.02. The fourth-order valence-corrected chi connectivity index (χ4v) is 4.77. The maximum absolute atomic E-state index is 14.2. The van der Waals surface area contributed by atoms with Crippen LogP contribution in [-0.2, 0) is 20.1 Å². The van der Waals surface area contributed by atoms with Gasteiger partial charge in [-0.15, -0.1) is 10.2 Å². The van der Waals surface area contributed by atoms with Crippen molar-refractivity contribution in [3.8, 4) is 28.5 Å². The molecule has 38 heavy (non-hydrogen) atoms. The van der Waals surface area contributed by atoms with Gasteiger partial charge in [-0.05, 0) is 44.0 Å². The van der Waals surface area contributed by atoms with Gasteiger partial charge in [0.1, 0.15) is 5.82 Å². The summed E-state index contributed by atoms with van der Waals surface area (Å²) in [5.74, 6) is 2.52. The van der Waals surface area contributed by atoms with Gasteiger partial charge < -0.3 is 19.2 Å². The summed E-state index contributed by atoms with van der Waals surface area (Å²) in [6.07, 6.45) is 5.99. The van der Waals surface area contributed by atoms with Gasteiger partial charge in [-0.2, -0.15) is 18.6 Å². The lowest BCUT2D eigenvalue weighted by Gasteiger charge is -2.16. The van der Waals surface area contributed by atoms with E-state index < -0.39 is 11.9 Å². The van der Waals surface area contributed by atoms with Crippen molar-refractivity contribution in [3.05, 3.63) is 72.2 Å². The maximum Gasteiger partial charge on any atom is 0.228 e. The van der Waals surface area contributed by atoms with Crippen molar-refractivity contribution in [1.29, 1.82) is 0 Å². The predicted octanol–water partition coefficient (Wildman–Crippen LogP) is 4.78. The second-order valence-electron chi connectivity index (χ2n) is 9.02. The Bertz CT molecular complexity index is 1590. The molecule has 1 N–H and O–H groups in total. The van der Waals surface area contributed by atoms with Gasteiger partial charge in [0.15, 0.2) is 29.3 Å². The highest BCUT2D eigenvalue weighted by Crippen LogP contribution is 2.36. The molecule has 1 aliphatic heterocycles. The van der Waals surface area contributed by atoms with Crippen molar-refractivity contribution in [2.75, 3.05) is 5.32 Å². The van der Waals surface area contributed by atoms with E-state index in [1.807, 2.05) is 26.1 Å². The summed E-state index contributed by atoms with van der Waals surface area (Å²) in [6.45, 7) is 5.50. The van der Waals surface area contributed by atoms with Gasteiger partial charge >= 0.3 is 0 Å². The molecule has 1 aromatic carbocycles. The van der Waals surface area contributed by atoms with E-state index in [1.165, 1.54) is 6.07 Å². The number of aryl methyl sites for hydroxylation is 2. The first-order valence-electron chi connectivity index (χ1n) is 12.1. The summed E-state index contributed by atoms with van der Waals surface area (Å²) in [4.78, 5) is 9.13. The Morgan fingerprint density at radius 3 is 2.71 bits per heavy atom. The highest BCUT2D eigenvalue weighted by molar-refractivity contribution is 7.59. The molecule has 196 valence electrons. The van der Waals surface area contributed by atoms with Crippen LogP contribution < -0.4 is 10.1 Å². The van der Waals surface area contributed by atoms with E-state index in [4.69, 9.17) is 9.72 Å². The average molecular weight is 534 g/mol. The number of para-hydroxylation sites is 1. The number of hydrogen-bond acceptors (Lipinski definition) is 7. The van der Waals surface area contributed by atoms with Crippen molar-refractivity contribution in [2.24, 2.45) is 7.05 Å². The summed E-state index contributed by atoms with van der Waals surface area (Å²) < 4.78 is 26.1. The molecule has 0 fully saturated rings. The standard InChI is InChI=1S/C26H26FN9O.H2S/c1-16-18(20-9-11-28-26(30-20)31-22-10-12-29-34(22)3)15-35-13-6-14-36-24(32-33-25(36)23(16)35)17(2)37-21-8-5-4-7-19(21)27;/h4-5,7-12,15,17H,6,13-14H2,1-3H3,(H,28,30,31);1H2/t17-;/m0./s1. The zero-order valence-electron chi connectivity index (χ0n) is 21.3. The number of nitrogens with one attached hydrogen (secondary N) is 1. The SMILES string of the molecule is Cc1c(-c2ccnc(Nc3ccnn3C)n2)cn2c1-c1nnc([C@H](C)Oc3ccccc3F)n1CCC2.S. The van der Waals surface area contributed by atoms with Crippen molar-refractivity contribution in [2.45, 2.75) is 39.5 Å². The fourth-order valence-electron chi connectivity index (χ4n) is 4.77.